The Bertz CT molecular complexity index is 574. The van der Waals surface area contributed by atoms with E-state index < -0.39 is 11.1 Å². The number of rotatable bonds is 0. The molecule has 0 fully saturated rings. The predicted molar refractivity (Wildman–Crippen MR) is 54.2 cm³/mol. The lowest BCUT2D eigenvalue weighted by atomic mass is 10.2. The Balaban J connectivity index is 0.000000980. The molecule has 0 amide bonds. The summed E-state index contributed by atoms with van der Waals surface area (Å²) < 4.78 is 0. The first-order chi connectivity index (χ1) is 6.16. The Morgan fingerprint density at radius 3 is 2.38 bits per heavy atom. The van der Waals surface area contributed by atoms with Gasteiger partial charge in [-0.05, 0) is 24.6 Å². The van der Waals surface area contributed by atoms with Crippen molar-refractivity contribution in [1.29, 1.82) is 0 Å². The molecule has 0 aliphatic rings. The quantitative estimate of drug-likeness (QED) is 0.594. The van der Waals surface area contributed by atoms with Gasteiger partial charge in [-0.25, -0.2) is 0 Å². The molecule has 0 saturated heterocycles. The number of hydrogen-bond acceptors (Lipinski definition) is 2. The third kappa shape index (κ3) is 1.26. The van der Waals surface area contributed by atoms with Gasteiger partial charge in [-0.15, -0.1) is 0 Å². The Kier molecular flexibility index (Phi) is 1.55. The van der Waals surface area contributed by atoms with Gasteiger partial charge in [0.2, 0.25) is 0 Å². The number of aryl methyl sites for hydroxylation is 1. The molecule has 4 nitrogen and oxygen atoms in total. The molecular weight excluding hydrogens is 168 g/mol. The van der Waals surface area contributed by atoms with Crippen molar-refractivity contribution in [2.75, 3.05) is 0 Å². The third-order valence-electron chi connectivity index (χ3n) is 1.88. The molecule has 2 N–H and O–H groups in total. The fraction of sp³-hybridized carbons (Fsp3) is 0.111. The molecule has 0 radical (unpaired) electrons. The number of benzene rings is 1. The van der Waals surface area contributed by atoms with Gasteiger partial charge in [0, 0.05) is 2.85 Å². The maximum atomic E-state index is 10.9. The van der Waals surface area contributed by atoms with E-state index in [1.54, 1.807) is 6.07 Å². The van der Waals surface area contributed by atoms with Gasteiger partial charge in [-0.1, -0.05) is 6.07 Å². The summed E-state index contributed by atoms with van der Waals surface area (Å²) in [6.45, 7) is 1.92. The summed E-state index contributed by atoms with van der Waals surface area (Å²) >= 11 is 0. The van der Waals surface area contributed by atoms with Crippen molar-refractivity contribution >= 4 is 11.0 Å². The molecule has 0 spiro atoms. The van der Waals surface area contributed by atoms with E-state index in [1.807, 2.05) is 19.1 Å². The van der Waals surface area contributed by atoms with E-state index in [9.17, 15) is 9.59 Å². The summed E-state index contributed by atoms with van der Waals surface area (Å²) in [6.07, 6.45) is 0. The summed E-state index contributed by atoms with van der Waals surface area (Å²) in [5, 5.41) is 0. The normalized spacial score (nSPS) is 10.5. The minimum Gasteiger partial charge on any atom is -0.316 e. The molecule has 1 aromatic heterocycles. The highest BCUT2D eigenvalue weighted by Gasteiger charge is 1.97. The lowest BCUT2D eigenvalue weighted by molar-refractivity contribution is 1.14. The molecule has 4 heteroatoms. The number of fused-ring (bicyclic) bond motifs is 1. The van der Waals surface area contributed by atoms with Crippen LogP contribution in [0.1, 0.15) is 8.42 Å². The molecule has 0 bridgehead atoms. The fourth-order valence-electron chi connectivity index (χ4n) is 1.23. The van der Waals surface area contributed by atoms with Crippen molar-refractivity contribution in [3.63, 3.8) is 0 Å². The number of hydrogen-bond donors (Lipinski definition) is 2. The Morgan fingerprint density at radius 2 is 1.69 bits per heavy atom. The van der Waals surface area contributed by atoms with Crippen LogP contribution in [0.2, 0.25) is 0 Å². The molecule has 2 aromatic rings. The van der Waals surface area contributed by atoms with E-state index >= 15 is 0 Å². The highest BCUT2D eigenvalue weighted by atomic mass is 16.2. The summed E-state index contributed by atoms with van der Waals surface area (Å²) in [4.78, 5) is 26.8. The average Bonchev–Trinajstić information content (AvgIpc) is 2.08. The van der Waals surface area contributed by atoms with Gasteiger partial charge in [0.05, 0.1) is 11.0 Å². The highest BCUT2D eigenvalue weighted by Crippen LogP contribution is 2.07. The minimum atomic E-state index is -0.614. The SMILES string of the molecule is Cc1ccc2[nH]c(=O)c(=O)[nH]c2c1.[HH].[HH]. The molecule has 0 aliphatic heterocycles. The molecule has 0 saturated carbocycles. The van der Waals surface area contributed by atoms with Gasteiger partial charge >= 0.3 is 11.1 Å². The van der Waals surface area contributed by atoms with Gasteiger partial charge in [-0.3, -0.25) is 9.59 Å². The van der Waals surface area contributed by atoms with Crippen LogP contribution in [-0.2, 0) is 0 Å². The van der Waals surface area contributed by atoms with Crippen LogP contribution in [0.25, 0.3) is 11.0 Å². The number of H-pyrrole nitrogens is 2. The Morgan fingerprint density at radius 1 is 1.08 bits per heavy atom. The number of aromatic amines is 2. The van der Waals surface area contributed by atoms with Gasteiger partial charge in [0.15, 0.2) is 0 Å². The van der Waals surface area contributed by atoms with Crippen LogP contribution in [0.4, 0.5) is 0 Å². The topological polar surface area (TPSA) is 65.7 Å². The molecule has 0 atom stereocenters. The van der Waals surface area contributed by atoms with Crippen LogP contribution >= 0.6 is 0 Å². The largest absolute Gasteiger partial charge is 0.316 e. The predicted octanol–water partition coefficient (Wildman–Crippen LogP) is 1.02. The maximum Gasteiger partial charge on any atom is 0.314 e. The number of nitrogens with one attached hydrogen (secondary N) is 2. The lowest BCUT2D eigenvalue weighted by Gasteiger charge is -1.97. The summed E-state index contributed by atoms with van der Waals surface area (Å²) in [5.41, 5.74) is 1.12. The first-order valence-electron chi connectivity index (χ1n) is 3.90. The molecule has 13 heavy (non-hydrogen) atoms. The second-order valence-corrected chi connectivity index (χ2v) is 2.96. The zero-order chi connectivity index (χ0) is 9.42. The van der Waals surface area contributed by atoms with E-state index in [0.717, 1.165) is 5.56 Å². The van der Waals surface area contributed by atoms with E-state index in [0.29, 0.717) is 11.0 Å². The average molecular weight is 180 g/mol. The van der Waals surface area contributed by atoms with E-state index in [-0.39, 0.29) is 2.85 Å². The van der Waals surface area contributed by atoms with E-state index in [2.05, 4.69) is 9.97 Å². The molecule has 2 rings (SSSR count). The van der Waals surface area contributed by atoms with Crippen LogP contribution < -0.4 is 11.1 Å². The maximum absolute atomic E-state index is 10.9. The van der Waals surface area contributed by atoms with Crippen molar-refractivity contribution in [2.45, 2.75) is 6.92 Å². The van der Waals surface area contributed by atoms with Crippen molar-refractivity contribution in [3.05, 3.63) is 44.5 Å². The molecule has 70 valence electrons. The molecule has 0 unspecified atom stereocenters. The second kappa shape index (κ2) is 2.58. The summed E-state index contributed by atoms with van der Waals surface area (Å²) in [5.74, 6) is 0. The van der Waals surface area contributed by atoms with Crippen molar-refractivity contribution < 1.29 is 2.85 Å². The van der Waals surface area contributed by atoms with Crippen LogP contribution in [0.3, 0.4) is 0 Å². The third-order valence-corrected chi connectivity index (χ3v) is 1.88. The Labute approximate surface area is 76.2 Å². The first-order valence-corrected chi connectivity index (χ1v) is 3.90. The summed E-state index contributed by atoms with van der Waals surface area (Å²) in [7, 11) is 0. The standard InChI is InChI=1S/C9H8N2O2.2H2/c1-5-2-3-6-7(4-5)11-9(13)8(12)10-6;;/h2-4H,1H3,(H,10,12)(H,11,13);2*1H. The molecular formula is C9H12N2O2. The molecule has 1 heterocycles. The van der Waals surface area contributed by atoms with E-state index in [4.69, 9.17) is 0 Å². The smallest absolute Gasteiger partial charge is 0.314 e. The first kappa shape index (κ1) is 7.79. The second-order valence-electron chi connectivity index (χ2n) is 2.96. The highest BCUT2D eigenvalue weighted by molar-refractivity contribution is 5.74. The van der Waals surface area contributed by atoms with Crippen LogP contribution in [-0.4, -0.2) is 9.97 Å². The monoisotopic (exact) mass is 180 g/mol. The number of aromatic nitrogens is 2. The molecule has 1 aromatic carbocycles. The van der Waals surface area contributed by atoms with Gasteiger partial charge in [-0.2, -0.15) is 0 Å². The van der Waals surface area contributed by atoms with Crippen molar-refractivity contribution in [2.24, 2.45) is 0 Å². The zero-order valence-electron chi connectivity index (χ0n) is 7.05. The van der Waals surface area contributed by atoms with E-state index in [1.165, 1.54) is 0 Å². The van der Waals surface area contributed by atoms with Gasteiger partial charge in [0.25, 0.3) is 0 Å². The van der Waals surface area contributed by atoms with Crippen molar-refractivity contribution in [3.8, 4) is 0 Å². The fourth-order valence-corrected chi connectivity index (χ4v) is 1.23. The lowest BCUT2D eigenvalue weighted by Crippen LogP contribution is -2.28. The van der Waals surface area contributed by atoms with Crippen LogP contribution in [0.5, 0.6) is 0 Å². The van der Waals surface area contributed by atoms with Gasteiger partial charge < -0.3 is 9.97 Å². The van der Waals surface area contributed by atoms with Gasteiger partial charge in [0.1, 0.15) is 0 Å². The summed E-state index contributed by atoms with van der Waals surface area (Å²) in [6, 6.07) is 5.45. The van der Waals surface area contributed by atoms with Crippen LogP contribution in [0.15, 0.2) is 27.8 Å². The van der Waals surface area contributed by atoms with Crippen molar-refractivity contribution in [1.82, 2.24) is 9.97 Å². The Hall–Kier alpha value is -1.84. The minimum absolute atomic E-state index is 0. The molecule has 0 aliphatic carbocycles. The van der Waals surface area contributed by atoms with Crippen LogP contribution in [0, 0.1) is 6.92 Å². The zero-order valence-corrected chi connectivity index (χ0v) is 7.05.